The number of rotatable bonds is 13. The molecule has 0 aromatic heterocycles. The van der Waals surface area contributed by atoms with Crippen molar-refractivity contribution in [3.63, 3.8) is 0 Å². The molecule has 1 atom stereocenters. The molecule has 0 aliphatic rings. The molecule has 200 valence electrons. The number of nitrogens with one attached hydrogen (secondary N) is 1. The van der Waals surface area contributed by atoms with Crippen LogP contribution in [0.3, 0.4) is 0 Å². The van der Waals surface area contributed by atoms with Crippen LogP contribution >= 0.6 is 11.8 Å². The number of non-ortho nitro benzene ring substituents is 1. The van der Waals surface area contributed by atoms with E-state index in [1.807, 2.05) is 75.4 Å². The van der Waals surface area contributed by atoms with Gasteiger partial charge >= 0.3 is 0 Å². The summed E-state index contributed by atoms with van der Waals surface area (Å²) in [5.74, 6) is 0.715. The molecule has 0 aliphatic heterocycles. The topological polar surface area (TPSA) is 92.6 Å². The molecule has 38 heavy (non-hydrogen) atoms. The van der Waals surface area contributed by atoms with Crippen molar-refractivity contribution >= 4 is 29.3 Å². The minimum Gasteiger partial charge on any atom is -0.354 e. The average molecular weight is 534 g/mol. The number of nitro groups is 1. The van der Waals surface area contributed by atoms with Crippen molar-refractivity contribution in [2.45, 2.75) is 45.5 Å². The first-order chi connectivity index (χ1) is 18.2. The van der Waals surface area contributed by atoms with Gasteiger partial charge in [-0.2, -0.15) is 0 Å². The number of benzene rings is 3. The van der Waals surface area contributed by atoms with Gasteiger partial charge in [0, 0.05) is 37.4 Å². The largest absolute Gasteiger partial charge is 0.354 e. The van der Waals surface area contributed by atoms with E-state index in [2.05, 4.69) is 5.32 Å². The van der Waals surface area contributed by atoms with Crippen LogP contribution in [0.15, 0.2) is 78.9 Å². The Hall–Kier alpha value is -3.65. The molecule has 1 unspecified atom stereocenters. The van der Waals surface area contributed by atoms with E-state index >= 15 is 0 Å². The first kappa shape index (κ1) is 28.9. The third-order valence-corrected chi connectivity index (χ3v) is 7.06. The third-order valence-electron chi connectivity index (χ3n) is 6.07. The summed E-state index contributed by atoms with van der Waals surface area (Å²) >= 11 is 1.43. The molecule has 0 radical (unpaired) electrons. The SMILES string of the molecule is Cc1ccc(CN(C(=O)CSCc2ccc([N+](=O)[O-])cc2)C(Cc2ccccc2)C(=O)NCC(C)C)cc1. The van der Waals surface area contributed by atoms with Crippen LogP contribution in [0, 0.1) is 23.0 Å². The monoisotopic (exact) mass is 533 g/mol. The Morgan fingerprint density at radius 1 is 0.921 bits per heavy atom. The van der Waals surface area contributed by atoms with Gasteiger partial charge in [-0.05, 0) is 29.5 Å². The van der Waals surface area contributed by atoms with Crippen LogP contribution in [-0.2, 0) is 28.3 Å². The minimum absolute atomic E-state index is 0.0373. The number of nitrogens with zero attached hydrogens (tertiary/aromatic N) is 2. The van der Waals surface area contributed by atoms with Gasteiger partial charge in [-0.15, -0.1) is 11.8 Å². The Kier molecular flexibility index (Phi) is 10.9. The predicted molar refractivity (Wildman–Crippen MR) is 153 cm³/mol. The summed E-state index contributed by atoms with van der Waals surface area (Å²) in [6, 6.07) is 23.4. The van der Waals surface area contributed by atoms with Gasteiger partial charge in [-0.1, -0.05) is 86.1 Å². The summed E-state index contributed by atoms with van der Waals surface area (Å²) in [6.07, 6.45) is 0.412. The zero-order chi connectivity index (χ0) is 27.5. The van der Waals surface area contributed by atoms with Gasteiger partial charge in [0.05, 0.1) is 10.7 Å². The highest BCUT2D eigenvalue weighted by Crippen LogP contribution is 2.20. The maximum absolute atomic E-state index is 13.7. The molecule has 0 aliphatic carbocycles. The molecule has 1 N–H and O–H groups in total. The second-order valence-electron chi connectivity index (χ2n) is 9.77. The van der Waals surface area contributed by atoms with E-state index < -0.39 is 11.0 Å². The zero-order valence-corrected chi connectivity index (χ0v) is 22.9. The lowest BCUT2D eigenvalue weighted by Gasteiger charge is -2.32. The Morgan fingerprint density at radius 3 is 2.16 bits per heavy atom. The first-order valence-corrected chi connectivity index (χ1v) is 13.9. The summed E-state index contributed by atoms with van der Waals surface area (Å²) in [7, 11) is 0. The summed E-state index contributed by atoms with van der Waals surface area (Å²) in [4.78, 5) is 39.3. The molecule has 0 saturated heterocycles. The fourth-order valence-electron chi connectivity index (χ4n) is 3.92. The molecule has 2 amide bonds. The van der Waals surface area contributed by atoms with Crippen LogP contribution in [0.25, 0.3) is 0 Å². The van der Waals surface area contributed by atoms with Crippen molar-refractivity contribution < 1.29 is 14.5 Å². The molecule has 0 saturated carbocycles. The van der Waals surface area contributed by atoms with E-state index in [4.69, 9.17) is 0 Å². The Morgan fingerprint density at radius 2 is 1.55 bits per heavy atom. The van der Waals surface area contributed by atoms with Gasteiger partial charge < -0.3 is 10.2 Å². The fraction of sp³-hybridized carbons (Fsp3) is 0.333. The third kappa shape index (κ3) is 9.03. The molecule has 3 aromatic rings. The van der Waals surface area contributed by atoms with Gasteiger partial charge in [-0.3, -0.25) is 19.7 Å². The normalized spacial score (nSPS) is 11.7. The number of thioether (sulfide) groups is 1. The lowest BCUT2D eigenvalue weighted by molar-refractivity contribution is -0.384. The Bertz CT molecular complexity index is 1200. The summed E-state index contributed by atoms with van der Waals surface area (Å²) in [6.45, 7) is 6.95. The van der Waals surface area contributed by atoms with Gasteiger partial charge in [0.25, 0.3) is 5.69 Å². The number of nitro benzene ring substituents is 1. The second kappa shape index (κ2) is 14.3. The Labute approximate surface area is 228 Å². The van der Waals surface area contributed by atoms with E-state index in [1.54, 1.807) is 17.0 Å². The van der Waals surface area contributed by atoms with Crippen molar-refractivity contribution in [1.82, 2.24) is 10.2 Å². The molecular weight excluding hydrogens is 498 g/mol. The van der Waals surface area contributed by atoms with Gasteiger partial charge in [-0.25, -0.2) is 0 Å². The van der Waals surface area contributed by atoms with Crippen molar-refractivity contribution in [3.05, 3.63) is 111 Å². The smallest absolute Gasteiger partial charge is 0.269 e. The van der Waals surface area contributed by atoms with E-state index in [0.29, 0.717) is 25.3 Å². The van der Waals surface area contributed by atoms with E-state index in [0.717, 1.165) is 22.3 Å². The number of hydrogen-bond donors (Lipinski definition) is 1. The van der Waals surface area contributed by atoms with Crippen LogP contribution in [0.1, 0.15) is 36.1 Å². The van der Waals surface area contributed by atoms with Crippen LogP contribution in [-0.4, -0.2) is 40.0 Å². The van der Waals surface area contributed by atoms with Crippen molar-refractivity contribution in [2.75, 3.05) is 12.3 Å². The highest BCUT2D eigenvalue weighted by atomic mass is 32.2. The lowest BCUT2D eigenvalue weighted by Crippen LogP contribution is -2.51. The summed E-state index contributed by atoms with van der Waals surface area (Å²) in [5.41, 5.74) is 4.00. The van der Waals surface area contributed by atoms with Crippen LogP contribution < -0.4 is 5.32 Å². The van der Waals surface area contributed by atoms with E-state index in [9.17, 15) is 19.7 Å². The predicted octanol–water partition coefficient (Wildman–Crippen LogP) is 5.55. The molecule has 8 heteroatoms. The molecule has 0 fully saturated rings. The molecular formula is C30H35N3O4S. The highest BCUT2D eigenvalue weighted by molar-refractivity contribution is 7.99. The van der Waals surface area contributed by atoms with Crippen LogP contribution in [0.4, 0.5) is 5.69 Å². The molecule has 3 aromatic carbocycles. The Balaban J connectivity index is 1.81. The maximum Gasteiger partial charge on any atom is 0.269 e. The van der Waals surface area contributed by atoms with Crippen LogP contribution in [0.5, 0.6) is 0 Å². The molecule has 3 rings (SSSR count). The fourth-order valence-corrected chi connectivity index (χ4v) is 4.79. The van der Waals surface area contributed by atoms with Crippen molar-refractivity contribution in [1.29, 1.82) is 0 Å². The summed E-state index contributed by atoms with van der Waals surface area (Å²) in [5, 5.41) is 13.9. The van der Waals surface area contributed by atoms with Gasteiger partial charge in [0.2, 0.25) is 11.8 Å². The average Bonchev–Trinajstić information content (AvgIpc) is 2.91. The number of amides is 2. The first-order valence-electron chi connectivity index (χ1n) is 12.7. The van der Waals surface area contributed by atoms with Gasteiger partial charge in [0.1, 0.15) is 6.04 Å². The molecule has 7 nitrogen and oxygen atoms in total. The van der Waals surface area contributed by atoms with E-state index in [1.165, 1.54) is 23.9 Å². The summed E-state index contributed by atoms with van der Waals surface area (Å²) < 4.78 is 0. The number of aryl methyl sites for hydroxylation is 1. The van der Waals surface area contributed by atoms with Gasteiger partial charge in [0.15, 0.2) is 0 Å². The van der Waals surface area contributed by atoms with Crippen molar-refractivity contribution in [3.8, 4) is 0 Å². The molecule has 0 heterocycles. The van der Waals surface area contributed by atoms with Crippen molar-refractivity contribution in [2.24, 2.45) is 5.92 Å². The zero-order valence-electron chi connectivity index (χ0n) is 22.1. The molecule has 0 spiro atoms. The minimum atomic E-state index is -0.662. The molecule has 0 bridgehead atoms. The maximum atomic E-state index is 13.7. The lowest BCUT2D eigenvalue weighted by atomic mass is 10.0. The number of carbonyl (C=O) groups excluding carboxylic acids is 2. The van der Waals surface area contributed by atoms with Crippen LogP contribution in [0.2, 0.25) is 0 Å². The number of hydrogen-bond acceptors (Lipinski definition) is 5. The number of carbonyl (C=O) groups is 2. The second-order valence-corrected chi connectivity index (χ2v) is 10.8. The quantitative estimate of drug-likeness (QED) is 0.230. The van der Waals surface area contributed by atoms with E-state index in [-0.39, 0.29) is 29.2 Å². The highest BCUT2D eigenvalue weighted by Gasteiger charge is 2.30. The standard InChI is InChI=1S/C30H35N3O4S/c1-22(2)18-31-30(35)28(17-24-7-5-4-6-8-24)32(19-25-11-9-23(3)10-12-25)29(34)21-38-20-26-13-15-27(16-14-26)33(36)37/h4-16,22,28H,17-21H2,1-3H3,(H,31,35).